The maximum Gasteiger partial charge on any atom is 0.129 e. The first-order chi connectivity index (χ1) is 6.57. The fourth-order valence-corrected chi connectivity index (χ4v) is 1.64. The van der Waals surface area contributed by atoms with Gasteiger partial charge in [0, 0.05) is 11.4 Å². The minimum atomic E-state index is -0.219. The van der Waals surface area contributed by atoms with E-state index in [1.165, 1.54) is 0 Å². The molecule has 0 aliphatic rings. The van der Waals surface area contributed by atoms with Crippen molar-refractivity contribution < 1.29 is 9.23 Å². The summed E-state index contributed by atoms with van der Waals surface area (Å²) < 4.78 is 13.6. The number of nitrogens with two attached hydrogens (primary N) is 1. The van der Waals surface area contributed by atoms with Crippen molar-refractivity contribution in [2.75, 3.05) is 6.61 Å². The Labute approximate surface area is 87.8 Å². The van der Waals surface area contributed by atoms with Gasteiger partial charge in [0.2, 0.25) is 0 Å². The number of rotatable bonds is 3. The molecule has 4 heteroatoms. The van der Waals surface area contributed by atoms with Crippen molar-refractivity contribution in [3.8, 4) is 0 Å². The van der Waals surface area contributed by atoms with Gasteiger partial charge in [-0.05, 0) is 36.6 Å². The van der Waals surface area contributed by atoms with Gasteiger partial charge in [-0.3, -0.25) is 0 Å². The Hall–Kier alpha value is -0.640. The van der Waals surface area contributed by atoms with E-state index in [0.717, 1.165) is 5.56 Å². The van der Waals surface area contributed by atoms with Crippen LogP contribution < -0.4 is 5.90 Å². The average Bonchev–Trinajstić information content (AvgIpc) is 2.15. The Balaban J connectivity index is 3.11. The van der Waals surface area contributed by atoms with Crippen LogP contribution >= 0.6 is 11.6 Å². The van der Waals surface area contributed by atoms with Crippen LogP contribution in [0.1, 0.15) is 16.7 Å². The number of hydrogen-bond donors (Lipinski definition) is 1. The van der Waals surface area contributed by atoms with Crippen molar-refractivity contribution in [2.45, 2.75) is 20.3 Å². The van der Waals surface area contributed by atoms with Gasteiger partial charge in [-0.1, -0.05) is 11.6 Å². The molecule has 2 nitrogen and oxygen atoms in total. The summed E-state index contributed by atoms with van der Waals surface area (Å²) in [6, 6.07) is 1.62. The second kappa shape index (κ2) is 4.73. The molecule has 14 heavy (non-hydrogen) atoms. The Bertz CT molecular complexity index is 315. The lowest BCUT2D eigenvalue weighted by Gasteiger charge is -2.10. The van der Waals surface area contributed by atoms with Crippen LogP contribution in [0.5, 0.6) is 0 Å². The minimum Gasteiger partial charge on any atom is -0.304 e. The van der Waals surface area contributed by atoms with Crippen molar-refractivity contribution in [2.24, 2.45) is 5.90 Å². The van der Waals surface area contributed by atoms with Crippen LogP contribution in [0.15, 0.2) is 6.07 Å². The first-order valence-corrected chi connectivity index (χ1v) is 4.71. The topological polar surface area (TPSA) is 35.2 Å². The summed E-state index contributed by atoms with van der Waals surface area (Å²) in [7, 11) is 0. The molecule has 0 heterocycles. The van der Waals surface area contributed by atoms with E-state index in [2.05, 4.69) is 4.84 Å². The molecule has 0 bridgehead atoms. The zero-order valence-corrected chi connectivity index (χ0v) is 8.99. The lowest BCUT2D eigenvalue weighted by atomic mass is 10.0. The van der Waals surface area contributed by atoms with Crippen molar-refractivity contribution in [1.29, 1.82) is 0 Å². The summed E-state index contributed by atoms with van der Waals surface area (Å²) in [5.41, 5.74) is 1.89. The predicted molar refractivity (Wildman–Crippen MR) is 54.7 cm³/mol. The van der Waals surface area contributed by atoms with Gasteiger partial charge in [0.15, 0.2) is 0 Å². The molecule has 0 aromatic heterocycles. The Morgan fingerprint density at radius 2 is 2.14 bits per heavy atom. The van der Waals surface area contributed by atoms with Gasteiger partial charge >= 0.3 is 0 Å². The van der Waals surface area contributed by atoms with E-state index in [1.807, 2.05) is 0 Å². The van der Waals surface area contributed by atoms with Gasteiger partial charge in [-0.15, -0.1) is 0 Å². The quantitative estimate of drug-likeness (QED) is 0.790. The zero-order chi connectivity index (χ0) is 10.7. The third-order valence-electron chi connectivity index (χ3n) is 2.24. The van der Waals surface area contributed by atoms with Crippen LogP contribution in [-0.4, -0.2) is 6.61 Å². The van der Waals surface area contributed by atoms with Gasteiger partial charge in [0.25, 0.3) is 0 Å². The average molecular weight is 218 g/mol. The molecule has 0 spiro atoms. The van der Waals surface area contributed by atoms with E-state index in [9.17, 15) is 4.39 Å². The molecule has 78 valence electrons. The summed E-state index contributed by atoms with van der Waals surface area (Å²) in [4.78, 5) is 4.43. The second-order valence-electron chi connectivity index (χ2n) is 3.21. The van der Waals surface area contributed by atoms with E-state index < -0.39 is 0 Å². The standard InChI is InChI=1S/C10H13ClFNO/c1-6-5-9(11)7(2)8(10(6)12)3-4-14-13/h5H,3-4,13H2,1-2H3. The fourth-order valence-electron chi connectivity index (χ4n) is 1.37. The molecule has 1 aromatic rings. The molecule has 0 saturated heterocycles. The molecular formula is C10H13ClFNO. The van der Waals surface area contributed by atoms with E-state index in [1.54, 1.807) is 19.9 Å². The third-order valence-corrected chi connectivity index (χ3v) is 2.63. The molecule has 0 radical (unpaired) electrons. The first kappa shape index (κ1) is 11.4. The zero-order valence-electron chi connectivity index (χ0n) is 8.23. The fraction of sp³-hybridized carbons (Fsp3) is 0.400. The van der Waals surface area contributed by atoms with Crippen LogP contribution in [-0.2, 0) is 11.3 Å². The molecule has 0 saturated carbocycles. The number of benzene rings is 1. The molecule has 0 unspecified atom stereocenters. The Morgan fingerprint density at radius 3 is 2.71 bits per heavy atom. The maximum absolute atomic E-state index is 13.6. The molecule has 0 aliphatic heterocycles. The summed E-state index contributed by atoms with van der Waals surface area (Å²) in [5.74, 6) is 4.68. The normalized spacial score (nSPS) is 10.6. The minimum absolute atomic E-state index is 0.219. The van der Waals surface area contributed by atoms with Crippen molar-refractivity contribution in [3.63, 3.8) is 0 Å². The number of hydrogen-bond acceptors (Lipinski definition) is 2. The molecule has 1 rings (SSSR count). The summed E-state index contributed by atoms with van der Waals surface area (Å²) in [6.07, 6.45) is 0.440. The van der Waals surface area contributed by atoms with Gasteiger partial charge in [0.05, 0.1) is 6.61 Å². The summed E-state index contributed by atoms with van der Waals surface area (Å²) in [6.45, 7) is 3.77. The summed E-state index contributed by atoms with van der Waals surface area (Å²) >= 11 is 5.93. The highest BCUT2D eigenvalue weighted by molar-refractivity contribution is 6.31. The molecule has 0 fully saturated rings. The van der Waals surface area contributed by atoms with Crippen LogP contribution in [0.2, 0.25) is 5.02 Å². The van der Waals surface area contributed by atoms with Crippen molar-refractivity contribution in [3.05, 3.63) is 33.6 Å². The second-order valence-corrected chi connectivity index (χ2v) is 3.62. The highest BCUT2D eigenvalue weighted by Gasteiger charge is 2.11. The first-order valence-electron chi connectivity index (χ1n) is 4.33. The van der Waals surface area contributed by atoms with Crippen LogP contribution in [0.3, 0.4) is 0 Å². The van der Waals surface area contributed by atoms with E-state index >= 15 is 0 Å². The van der Waals surface area contributed by atoms with Crippen LogP contribution in [0.25, 0.3) is 0 Å². The summed E-state index contributed by atoms with van der Waals surface area (Å²) in [5, 5.41) is 0.580. The third kappa shape index (κ3) is 2.23. The smallest absolute Gasteiger partial charge is 0.129 e. The largest absolute Gasteiger partial charge is 0.304 e. The Kier molecular flexibility index (Phi) is 3.86. The lowest BCUT2D eigenvalue weighted by molar-refractivity contribution is 0.140. The van der Waals surface area contributed by atoms with Crippen LogP contribution in [0.4, 0.5) is 4.39 Å². The number of aryl methyl sites for hydroxylation is 1. The van der Waals surface area contributed by atoms with Gasteiger partial charge in [-0.25, -0.2) is 10.3 Å². The van der Waals surface area contributed by atoms with Crippen molar-refractivity contribution >= 4 is 11.6 Å². The predicted octanol–water partition coefficient (Wildman–Crippen LogP) is 2.53. The molecule has 0 aliphatic carbocycles. The molecule has 2 N–H and O–H groups in total. The highest BCUT2D eigenvalue weighted by Crippen LogP contribution is 2.25. The van der Waals surface area contributed by atoms with E-state index in [-0.39, 0.29) is 12.4 Å². The van der Waals surface area contributed by atoms with E-state index in [0.29, 0.717) is 22.6 Å². The van der Waals surface area contributed by atoms with Crippen molar-refractivity contribution in [1.82, 2.24) is 0 Å². The maximum atomic E-state index is 13.6. The van der Waals surface area contributed by atoms with E-state index in [4.69, 9.17) is 17.5 Å². The van der Waals surface area contributed by atoms with Gasteiger partial charge in [-0.2, -0.15) is 0 Å². The van der Waals surface area contributed by atoms with Gasteiger partial charge in [0.1, 0.15) is 5.82 Å². The molecular weight excluding hydrogens is 205 g/mol. The monoisotopic (exact) mass is 217 g/mol. The SMILES string of the molecule is Cc1cc(Cl)c(C)c(CCON)c1F. The van der Waals surface area contributed by atoms with Crippen LogP contribution in [0, 0.1) is 19.7 Å². The lowest BCUT2D eigenvalue weighted by Crippen LogP contribution is -2.07. The Morgan fingerprint density at radius 1 is 1.50 bits per heavy atom. The number of halogens is 2. The molecule has 0 amide bonds. The molecule has 0 atom stereocenters. The molecule has 1 aromatic carbocycles. The highest BCUT2D eigenvalue weighted by atomic mass is 35.5. The van der Waals surface area contributed by atoms with Gasteiger partial charge < -0.3 is 4.84 Å².